The van der Waals surface area contributed by atoms with Crippen LogP contribution in [0, 0.1) is 0 Å². The smallest absolute Gasteiger partial charge is 0.275 e. The van der Waals surface area contributed by atoms with Crippen molar-refractivity contribution in [2.24, 2.45) is 0 Å². The average molecular weight is 206 g/mol. The van der Waals surface area contributed by atoms with Crippen LogP contribution in [0.5, 0.6) is 0 Å². The number of hydrogen-bond acceptors (Lipinski definition) is 2. The van der Waals surface area contributed by atoms with Gasteiger partial charge in [-0.25, -0.2) is 5.06 Å². The molecule has 3 nitrogen and oxygen atoms in total. The predicted molar refractivity (Wildman–Crippen MR) is 35.5 cm³/mol. The van der Waals surface area contributed by atoms with E-state index in [-0.39, 0.29) is 0 Å². The Labute approximate surface area is 72.0 Å². The van der Waals surface area contributed by atoms with Gasteiger partial charge in [0.05, 0.1) is 7.11 Å². The Bertz CT molecular complexity index is 173. The number of nitrogens with zero attached hydrogens (tertiary/aromatic N) is 1. The van der Waals surface area contributed by atoms with Gasteiger partial charge in [0.25, 0.3) is 5.91 Å². The van der Waals surface area contributed by atoms with Gasteiger partial charge in [-0.05, 0) is 0 Å². The van der Waals surface area contributed by atoms with E-state index in [0.29, 0.717) is 5.06 Å². The minimum atomic E-state index is -4.74. The average Bonchev–Trinajstić information content (AvgIpc) is 1.98. The van der Waals surface area contributed by atoms with Crippen LogP contribution in [0.1, 0.15) is 0 Å². The van der Waals surface area contributed by atoms with Crippen molar-refractivity contribution in [1.82, 2.24) is 5.06 Å². The van der Waals surface area contributed by atoms with Gasteiger partial charge in [0.2, 0.25) is 5.38 Å². The molecule has 0 radical (unpaired) electrons. The van der Waals surface area contributed by atoms with Crippen molar-refractivity contribution in [3.8, 4) is 0 Å². The van der Waals surface area contributed by atoms with Gasteiger partial charge in [0.1, 0.15) is 0 Å². The predicted octanol–water partition coefficient (Wildman–Crippen LogP) is 1.18. The number of carbonyl (C=O) groups is 1. The van der Waals surface area contributed by atoms with Gasteiger partial charge in [0.15, 0.2) is 0 Å². The topological polar surface area (TPSA) is 29.5 Å². The molecule has 12 heavy (non-hydrogen) atoms. The summed E-state index contributed by atoms with van der Waals surface area (Å²) in [6.07, 6.45) is -4.74. The van der Waals surface area contributed by atoms with Gasteiger partial charge in [-0.15, -0.1) is 11.6 Å². The highest BCUT2D eigenvalue weighted by Gasteiger charge is 2.45. The number of amides is 1. The van der Waals surface area contributed by atoms with Crippen LogP contribution in [0.4, 0.5) is 13.2 Å². The van der Waals surface area contributed by atoms with Crippen molar-refractivity contribution >= 4 is 17.5 Å². The van der Waals surface area contributed by atoms with Gasteiger partial charge in [-0.2, -0.15) is 13.2 Å². The second-order valence-electron chi connectivity index (χ2n) is 1.92. The first-order chi connectivity index (χ1) is 5.30. The van der Waals surface area contributed by atoms with Crippen molar-refractivity contribution in [3.63, 3.8) is 0 Å². The van der Waals surface area contributed by atoms with Crippen molar-refractivity contribution in [3.05, 3.63) is 0 Å². The molecular weight excluding hydrogens is 199 g/mol. The number of hydroxylamine groups is 2. The first kappa shape index (κ1) is 11.5. The van der Waals surface area contributed by atoms with Gasteiger partial charge in [0, 0.05) is 7.05 Å². The van der Waals surface area contributed by atoms with E-state index in [1.807, 2.05) is 0 Å². The minimum absolute atomic E-state index is 0.422. The molecule has 1 amide bonds. The van der Waals surface area contributed by atoms with Crippen molar-refractivity contribution < 1.29 is 22.8 Å². The number of hydrogen-bond donors (Lipinski definition) is 0. The van der Waals surface area contributed by atoms with Crippen LogP contribution < -0.4 is 0 Å². The first-order valence-electron chi connectivity index (χ1n) is 2.83. The van der Waals surface area contributed by atoms with E-state index in [0.717, 1.165) is 14.2 Å². The Morgan fingerprint density at radius 2 is 2.00 bits per heavy atom. The normalized spacial score (nSPS) is 14.2. The molecular formula is C5H7ClF3NO2. The van der Waals surface area contributed by atoms with Crippen molar-refractivity contribution in [2.75, 3.05) is 14.2 Å². The monoisotopic (exact) mass is 205 g/mol. The van der Waals surface area contributed by atoms with Gasteiger partial charge < -0.3 is 0 Å². The number of carbonyl (C=O) groups excluding carboxylic acids is 1. The van der Waals surface area contributed by atoms with E-state index in [1.165, 1.54) is 0 Å². The highest BCUT2D eigenvalue weighted by Crippen LogP contribution is 2.25. The fourth-order valence-corrected chi connectivity index (χ4v) is 0.527. The van der Waals surface area contributed by atoms with Crippen LogP contribution in [0.2, 0.25) is 0 Å². The summed E-state index contributed by atoms with van der Waals surface area (Å²) < 4.78 is 35.3. The lowest BCUT2D eigenvalue weighted by Crippen LogP contribution is -2.40. The zero-order valence-corrected chi connectivity index (χ0v) is 7.11. The Morgan fingerprint density at radius 3 is 2.25 bits per heavy atom. The number of rotatable bonds is 2. The third-order valence-corrected chi connectivity index (χ3v) is 1.52. The highest BCUT2D eigenvalue weighted by atomic mass is 35.5. The Kier molecular flexibility index (Phi) is 3.79. The van der Waals surface area contributed by atoms with Crippen LogP contribution in [0.15, 0.2) is 0 Å². The number of alkyl halides is 4. The van der Waals surface area contributed by atoms with E-state index >= 15 is 0 Å². The summed E-state index contributed by atoms with van der Waals surface area (Å²) in [5.74, 6) is -1.34. The van der Waals surface area contributed by atoms with Crippen LogP contribution in [0.25, 0.3) is 0 Å². The molecule has 0 aromatic rings. The summed E-state index contributed by atoms with van der Waals surface area (Å²) in [6.45, 7) is 0. The molecule has 0 bridgehead atoms. The Morgan fingerprint density at radius 1 is 1.58 bits per heavy atom. The lowest BCUT2D eigenvalue weighted by molar-refractivity contribution is -0.187. The highest BCUT2D eigenvalue weighted by molar-refractivity contribution is 6.31. The fraction of sp³-hybridized carbons (Fsp3) is 0.800. The van der Waals surface area contributed by atoms with Crippen molar-refractivity contribution in [1.29, 1.82) is 0 Å². The van der Waals surface area contributed by atoms with Crippen LogP contribution in [-0.2, 0) is 9.63 Å². The van der Waals surface area contributed by atoms with Gasteiger partial charge in [-0.1, -0.05) is 0 Å². The molecule has 0 aromatic carbocycles. The number of halogens is 4. The second kappa shape index (κ2) is 3.95. The molecule has 0 aromatic heterocycles. The summed E-state index contributed by atoms with van der Waals surface area (Å²) in [6, 6.07) is 0. The summed E-state index contributed by atoms with van der Waals surface area (Å²) in [5, 5.41) is -2.13. The summed E-state index contributed by atoms with van der Waals surface area (Å²) in [7, 11) is 2.11. The van der Waals surface area contributed by atoms with E-state index in [1.54, 1.807) is 0 Å². The largest absolute Gasteiger partial charge is 0.413 e. The van der Waals surface area contributed by atoms with Crippen LogP contribution in [-0.4, -0.2) is 36.7 Å². The van der Waals surface area contributed by atoms with E-state index < -0.39 is 17.5 Å². The SMILES string of the molecule is CON(C)C(=O)C(Cl)C(F)(F)F. The molecule has 1 atom stereocenters. The standard InChI is InChI=1S/C5H7ClF3NO2/c1-10(12-2)4(11)3(6)5(7,8)9/h3H,1-2H3. The molecule has 0 spiro atoms. The molecule has 0 rings (SSSR count). The first-order valence-corrected chi connectivity index (χ1v) is 3.26. The van der Waals surface area contributed by atoms with E-state index in [4.69, 9.17) is 11.6 Å². The molecule has 1 unspecified atom stereocenters. The molecule has 7 heteroatoms. The molecule has 0 aliphatic carbocycles. The quantitative estimate of drug-likeness (QED) is 0.500. The third-order valence-electron chi connectivity index (χ3n) is 1.09. The zero-order chi connectivity index (χ0) is 9.94. The molecule has 0 N–H and O–H groups in total. The van der Waals surface area contributed by atoms with Crippen LogP contribution in [0.3, 0.4) is 0 Å². The van der Waals surface area contributed by atoms with Crippen LogP contribution >= 0.6 is 11.6 Å². The second-order valence-corrected chi connectivity index (χ2v) is 2.36. The molecule has 0 aliphatic rings. The molecule has 0 saturated heterocycles. The maximum Gasteiger partial charge on any atom is 0.413 e. The lowest BCUT2D eigenvalue weighted by atomic mass is 10.4. The van der Waals surface area contributed by atoms with E-state index in [2.05, 4.69) is 4.84 Å². The fourth-order valence-electron chi connectivity index (χ4n) is 0.390. The zero-order valence-electron chi connectivity index (χ0n) is 6.35. The Hall–Kier alpha value is -0.490. The van der Waals surface area contributed by atoms with Crippen molar-refractivity contribution in [2.45, 2.75) is 11.6 Å². The molecule has 0 heterocycles. The summed E-state index contributed by atoms with van der Waals surface area (Å²) in [5.41, 5.74) is 0. The lowest BCUT2D eigenvalue weighted by Gasteiger charge is -2.18. The summed E-state index contributed by atoms with van der Waals surface area (Å²) >= 11 is 4.78. The molecule has 0 aliphatic heterocycles. The molecule has 0 saturated carbocycles. The van der Waals surface area contributed by atoms with Gasteiger partial charge in [-0.3, -0.25) is 9.63 Å². The third kappa shape index (κ3) is 2.86. The summed E-state index contributed by atoms with van der Waals surface area (Å²) in [4.78, 5) is 14.9. The maximum absolute atomic E-state index is 11.8. The Balaban J connectivity index is 4.30. The molecule has 0 fully saturated rings. The maximum atomic E-state index is 11.8. The molecule has 72 valence electrons. The minimum Gasteiger partial charge on any atom is -0.275 e. The van der Waals surface area contributed by atoms with Gasteiger partial charge >= 0.3 is 6.18 Å². The van der Waals surface area contributed by atoms with E-state index in [9.17, 15) is 18.0 Å².